The van der Waals surface area contributed by atoms with Crippen molar-refractivity contribution in [2.75, 3.05) is 34.3 Å². The van der Waals surface area contributed by atoms with Crippen molar-refractivity contribution < 1.29 is 14.6 Å². The third-order valence-electron chi connectivity index (χ3n) is 6.23. The first kappa shape index (κ1) is 23.0. The van der Waals surface area contributed by atoms with Gasteiger partial charge in [0.15, 0.2) is 0 Å². The van der Waals surface area contributed by atoms with Gasteiger partial charge in [0.1, 0.15) is 5.75 Å². The molecular weight excluding hydrogens is 394 g/mol. The molecule has 0 radical (unpaired) electrons. The zero-order valence-electron chi connectivity index (χ0n) is 19.1. The number of para-hydroxylation sites is 1. The Balaban J connectivity index is 2.11. The highest BCUT2D eigenvalue weighted by Crippen LogP contribution is 2.32. The summed E-state index contributed by atoms with van der Waals surface area (Å²) in [7, 11) is 5.34. The Morgan fingerprint density at radius 1 is 1.23 bits per heavy atom. The lowest BCUT2D eigenvalue weighted by Gasteiger charge is -2.37. The molecule has 7 heteroatoms. The molecule has 1 saturated heterocycles. The van der Waals surface area contributed by atoms with Crippen molar-refractivity contribution in [2.45, 2.75) is 44.9 Å². The van der Waals surface area contributed by atoms with E-state index in [1.165, 1.54) is 10.6 Å². The SMILES string of the molecule is COc1ccccc1-c1cc(=O)n(CC2(O)CCN(C)CC2)cc1C(=O)N(C)C(C)C. The lowest BCUT2D eigenvalue weighted by molar-refractivity contribution is -0.0298. The first-order valence-corrected chi connectivity index (χ1v) is 10.7. The van der Waals surface area contributed by atoms with Crippen molar-refractivity contribution in [3.63, 3.8) is 0 Å². The number of nitrogens with zero attached hydrogens (tertiary/aromatic N) is 3. The maximum Gasteiger partial charge on any atom is 0.255 e. The molecule has 1 aromatic carbocycles. The summed E-state index contributed by atoms with van der Waals surface area (Å²) in [6.45, 7) is 5.59. The highest BCUT2D eigenvalue weighted by atomic mass is 16.5. The fraction of sp³-hybridized carbons (Fsp3) is 0.500. The fourth-order valence-corrected chi connectivity index (χ4v) is 3.89. The van der Waals surface area contributed by atoms with Gasteiger partial charge in [-0.1, -0.05) is 18.2 Å². The molecule has 168 valence electrons. The highest BCUT2D eigenvalue weighted by Gasteiger charge is 2.32. The van der Waals surface area contributed by atoms with Gasteiger partial charge in [-0.05, 0) is 39.8 Å². The van der Waals surface area contributed by atoms with Gasteiger partial charge in [-0.2, -0.15) is 0 Å². The zero-order chi connectivity index (χ0) is 22.8. The molecule has 2 aromatic rings. The van der Waals surface area contributed by atoms with Crippen LogP contribution in [0.5, 0.6) is 5.75 Å². The standard InChI is InChI=1S/C24H33N3O4/c1-17(2)26(4)23(29)20-15-27(16-24(30)10-12-25(3)13-11-24)22(28)14-19(20)18-8-6-7-9-21(18)31-5/h6-9,14-15,17,30H,10-13,16H2,1-5H3. The Kier molecular flexibility index (Phi) is 6.86. The maximum absolute atomic E-state index is 13.4. The summed E-state index contributed by atoms with van der Waals surface area (Å²) in [6.07, 6.45) is 2.76. The summed E-state index contributed by atoms with van der Waals surface area (Å²) in [5, 5.41) is 11.1. The topological polar surface area (TPSA) is 75.0 Å². The van der Waals surface area contributed by atoms with E-state index >= 15 is 0 Å². The summed E-state index contributed by atoms with van der Waals surface area (Å²) >= 11 is 0. The number of hydrogen-bond acceptors (Lipinski definition) is 5. The van der Waals surface area contributed by atoms with Crippen LogP contribution in [0.2, 0.25) is 0 Å². The molecule has 7 nitrogen and oxygen atoms in total. The number of piperidine rings is 1. The number of rotatable bonds is 6. The molecule has 1 amide bonds. The third kappa shape index (κ3) is 4.99. The van der Waals surface area contributed by atoms with E-state index in [-0.39, 0.29) is 24.1 Å². The van der Waals surface area contributed by atoms with Crippen LogP contribution in [0.3, 0.4) is 0 Å². The number of methoxy groups -OCH3 is 1. The maximum atomic E-state index is 13.4. The first-order chi connectivity index (χ1) is 14.6. The number of carbonyl (C=O) groups excluding carboxylic acids is 1. The molecule has 2 heterocycles. The van der Waals surface area contributed by atoms with Gasteiger partial charge in [-0.3, -0.25) is 9.59 Å². The summed E-state index contributed by atoms with van der Waals surface area (Å²) in [5.41, 5.74) is 0.417. The number of carbonyl (C=O) groups is 1. The van der Waals surface area contributed by atoms with Crippen molar-refractivity contribution in [3.8, 4) is 16.9 Å². The molecular formula is C24H33N3O4. The molecule has 1 fully saturated rings. The predicted molar refractivity (Wildman–Crippen MR) is 122 cm³/mol. The van der Waals surface area contributed by atoms with Crippen LogP contribution in [0.1, 0.15) is 37.0 Å². The average molecular weight is 428 g/mol. The largest absolute Gasteiger partial charge is 0.496 e. The minimum Gasteiger partial charge on any atom is -0.496 e. The Morgan fingerprint density at radius 2 is 1.87 bits per heavy atom. The summed E-state index contributed by atoms with van der Waals surface area (Å²) < 4.78 is 6.96. The molecule has 3 rings (SSSR count). The molecule has 0 saturated carbocycles. The minimum absolute atomic E-state index is 0.00328. The van der Waals surface area contributed by atoms with E-state index in [2.05, 4.69) is 4.90 Å². The van der Waals surface area contributed by atoms with E-state index in [1.54, 1.807) is 25.3 Å². The number of amides is 1. The van der Waals surface area contributed by atoms with Gasteiger partial charge < -0.3 is 24.2 Å². The quantitative estimate of drug-likeness (QED) is 0.767. The number of pyridine rings is 1. The second-order valence-corrected chi connectivity index (χ2v) is 8.80. The molecule has 1 N–H and O–H groups in total. The molecule has 0 unspecified atom stereocenters. The van der Waals surface area contributed by atoms with Crippen molar-refractivity contribution in [3.05, 3.63) is 52.4 Å². The lowest BCUT2D eigenvalue weighted by Crippen LogP contribution is -2.47. The second-order valence-electron chi connectivity index (χ2n) is 8.80. The van der Waals surface area contributed by atoms with E-state index in [4.69, 9.17) is 4.74 Å². The number of ether oxygens (including phenoxy) is 1. The summed E-state index contributed by atoms with van der Waals surface area (Å²) in [4.78, 5) is 30.2. The number of benzene rings is 1. The van der Waals surface area contributed by atoms with Crippen LogP contribution in [0.4, 0.5) is 0 Å². The van der Waals surface area contributed by atoms with E-state index < -0.39 is 5.60 Å². The van der Waals surface area contributed by atoms with Gasteiger partial charge in [0, 0.05) is 49.6 Å². The van der Waals surface area contributed by atoms with E-state index in [0.717, 1.165) is 13.1 Å². The Bertz CT molecular complexity index is 991. The normalized spacial score (nSPS) is 16.4. The van der Waals surface area contributed by atoms with Crippen LogP contribution >= 0.6 is 0 Å². The molecule has 1 aromatic heterocycles. The fourth-order valence-electron chi connectivity index (χ4n) is 3.89. The predicted octanol–water partition coefficient (Wildman–Crippen LogP) is 2.46. The number of aliphatic hydroxyl groups is 1. The Hall–Kier alpha value is -2.64. The van der Waals surface area contributed by atoms with Gasteiger partial charge in [0.25, 0.3) is 11.5 Å². The highest BCUT2D eigenvalue weighted by molar-refractivity contribution is 6.01. The van der Waals surface area contributed by atoms with Crippen molar-refractivity contribution >= 4 is 5.91 Å². The van der Waals surface area contributed by atoms with Gasteiger partial charge >= 0.3 is 0 Å². The van der Waals surface area contributed by atoms with Crippen molar-refractivity contribution in [1.82, 2.24) is 14.4 Å². The lowest BCUT2D eigenvalue weighted by atomic mass is 9.91. The van der Waals surface area contributed by atoms with Crippen molar-refractivity contribution in [2.24, 2.45) is 0 Å². The monoisotopic (exact) mass is 427 g/mol. The smallest absolute Gasteiger partial charge is 0.255 e. The first-order valence-electron chi connectivity index (χ1n) is 10.7. The van der Waals surface area contributed by atoms with Crippen LogP contribution in [0.25, 0.3) is 11.1 Å². The molecule has 1 aliphatic heterocycles. The van der Waals surface area contributed by atoms with Crippen LogP contribution in [-0.4, -0.2) is 71.3 Å². The third-order valence-corrected chi connectivity index (χ3v) is 6.23. The van der Waals surface area contributed by atoms with Crippen LogP contribution in [0.15, 0.2) is 41.3 Å². The number of hydrogen-bond donors (Lipinski definition) is 1. The molecule has 31 heavy (non-hydrogen) atoms. The number of likely N-dealkylation sites (tertiary alicyclic amines) is 1. The average Bonchev–Trinajstić information content (AvgIpc) is 2.76. The van der Waals surface area contributed by atoms with E-state index in [0.29, 0.717) is 35.3 Å². The Labute approximate surface area is 183 Å². The van der Waals surface area contributed by atoms with Gasteiger partial charge in [-0.15, -0.1) is 0 Å². The Morgan fingerprint density at radius 3 is 2.48 bits per heavy atom. The molecule has 0 aliphatic carbocycles. The molecule has 0 atom stereocenters. The minimum atomic E-state index is -0.966. The molecule has 0 bridgehead atoms. The summed E-state index contributed by atoms with van der Waals surface area (Å²) in [6, 6.07) is 8.83. The van der Waals surface area contributed by atoms with Crippen molar-refractivity contribution in [1.29, 1.82) is 0 Å². The molecule has 1 aliphatic rings. The van der Waals surface area contributed by atoms with Crippen LogP contribution < -0.4 is 10.3 Å². The zero-order valence-corrected chi connectivity index (χ0v) is 19.1. The number of aromatic nitrogens is 1. The molecule has 0 spiro atoms. The van der Waals surface area contributed by atoms with Gasteiger partial charge in [0.05, 0.1) is 24.8 Å². The van der Waals surface area contributed by atoms with Gasteiger partial charge in [-0.25, -0.2) is 0 Å². The van der Waals surface area contributed by atoms with Crippen LogP contribution in [0, 0.1) is 0 Å². The van der Waals surface area contributed by atoms with Crippen LogP contribution in [-0.2, 0) is 6.54 Å². The summed E-state index contributed by atoms with van der Waals surface area (Å²) in [5.74, 6) is 0.412. The van der Waals surface area contributed by atoms with E-state index in [1.807, 2.05) is 45.2 Å². The van der Waals surface area contributed by atoms with E-state index in [9.17, 15) is 14.7 Å². The van der Waals surface area contributed by atoms with Gasteiger partial charge in [0.2, 0.25) is 0 Å². The second kappa shape index (κ2) is 9.24.